The van der Waals surface area contributed by atoms with Crippen LogP contribution in [0.25, 0.3) is 22.4 Å². The molecule has 0 fully saturated rings. The monoisotopic (exact) mass is 413 g/mol. The summed E-state index contributed by atoms with van der Waals surface area (Å²) in [6.45, 7) is 5.25. The topological polar surface area (TPSA) is 122 Å². The first-order chi connectivity index (χ1) is 13.8. The molecule has 0 bridgehead atoms. The largest absolute Gasteiger partial charge is 0.466 e. The van der Waals surface area contributed by atoms with Crippen LogP contribution in [0.2, 0.25) is 0 Å². The maximum absolute atomic E-state index is 12.8. The van der Waals surface area contributed by atoms with E-state index in [0.29, 0.717) is 28.1 Å². The van der Waals surface area contributed by atoms with Crippen LogP contribution in [-0.2, 0) is 11.3 Å². The minimum Gasteiger partial charge on any atom is -0.466 e. The Balaban J connectivity index is 1.69. The van der Waals surface area contributed by atoms with Gasteiger partial charge in [-0.15, -0.1) is 0 Å². The zero-order valence-corrected chi connectivity index (χ0v) is 16.5. The summed E-state index contributed by atoms with van der Waals surface area (Å²) in [5.74, 6) is 0.781. The average Bonchev–Trinajstić information content (AvgIpc) is 3.38. The Morgan fingerprint density at radius 1 is 1.28 bits per heavy atom. The second kappa shape index (κ2) is 7.13. The Morgan fingerprint density at radius 2 is 2.07 bits per heavy atom. The lowest BCUT2D eigenvalue weighted by atomic mass is 10.1. The first-order valence-corrected chi connectivity index (χ1v) is 9.45. The second-order valence-corrected chi connectivity index (χ2v) is 7.35. The number of carbonyl (C=O) groups excluding carboxylic acids is 1. The number of ether oxygens (including phenoxy) is 1. The van der Waals surface area contributed by atoms with E-state index in [9.17, 15) is 14.9 Å². The molecule has 9 nitrogen and oxygen atoms in total. The van der Waals surface area contributed by atoms with E-state index in [1.54, 1.807) is 25.3 Å². The van der Waals surface area contributed by atoms with Crippen molar-refractivity contribution in [2.24, 2.45) is 0 Å². The van der Waals surface area contributed by atoms with Gasteiger partial charge in [0.2, 0.25) is 0 Å². The van der Waals surface area contributed by atoms with Gasteiger partial charge in [0.1, 0.15) is 18.1 Å². The van der Waals surface area contributed by atoms with Gasteiger partial charge in [0, 0.05) is 22.6 Å². The maximum atomic E-state index is 12.8. The molecule has 0 amide bonds. The third-order valence-electron chi connectivity index (χ3n) is 4.34. The van der Waals surface area contributed by atoms with Gasteiger partial charge < -0.3 is 13.7 Å². The lowest BCUT2D eigenvalue weighted by molar-refractivity contribution is -0.380. The number of nitro groups is 1. The average molecular weight is 413 g/mol. The van der Waals surface area contributed by atoms with Gasteiger partial charge >= 0.3 is 11.0 Å². The van der Waals surface area contributed by atoms with Crippen LogP contribution in [0.1, 0.15) is 33.1 Å². The highest BCUT2D eigenvalue weighted by Gasteiger charge is 2.22. The second-order valence-electron chi connectivity index (χ2n) is 6.46. The maximum Gasteiger partial charge on any atom is 0.339 e. The molecule has 0 aliphatic carbocycles. The molecule has 4 aromatic heterocycles. The molecule has 0 spiro atoms. The molecule has 0 aliphatic rings. The number of furan rings is 1. The summed E-state index contributed by atoms with van der Waals surface area (Å²) in [6, 6.07) is 4.82. The van der Waals surface area contributed by atoms with Gasteiger partial charge in [-0.2, -0.15) is 0 Å². The first-order valence-electron chi connectivity index (χ1n) is 8.57. The lowest BCUT2D eigenvalue weighted by Crippen LogP contribution is -2.07. The van der Waals surface area contributed by atoms with Crippen molar-refractivity contribution in [1.82, 2.24) is 10.1 Å². The highest BCUT2D eigenvalue weighted by atomic mass is 32.1. The minimum absolute atomic E-state index is 0.00896. The highest BCUT2D eigenvalue weighted by Crippen LogP contribution is 2.31. The molecule has 0 atom stereocenters. The Hall–Kier alpha value is -3.53. The van der Waals surface area contributed by atoms with Crippen LogP contribution in [-0.4, -0.2) is 21.0 Å². The molecule has 4 heterocycles. The molecule has 0 unspecified atom stereocenters. The normalized spacial score (nSPS) is 11.1. The molecule has 10 heteroatoms. The van der Waals surface area contributed by atoms with E-state index in [0.717, 1.165) is 22.7 Å². The van der Waals surface area contributed by atoms with Crippen molar-refractivity contribution in [1.29, 1.82) is 0 Å². The zero-order chi connectivity index (χ0) is 20.7. The highest BCUT2D eigenvalue weighted by molar-refractivity contribution is 7.13. The molecule has 0 aromatic carbocycles. The molecule has 0 N–H and O–H groups in total. The predicted molar refractivity (Wildman–Crippen MR) is 104 cm³/mol. The fraction of sp³-hybridized carbons (Fsp3) is 0.211. The van der Waals surface area contributed by atoms with Crippen molar-refractivity contribution in [3.63, 3.8) is 0 Å². The Labute approximate surface area is 168 Å². The predicted octanol–water partition coefficient (Wildman–Crippen LogP) is 4.73. The summed E-state index contributed by atoms with van der Waals surface area (Å²) in [5, 5.41) is 16.7. The Kier molecular flexibility index (Phi) is 4.63. The fourth-order valence-corrected chi connectivity index (χ4v) is 3.75. The molecule has 4 rings (SSSR count). The molecule has 29 heavy (non-hydrogen) atoms. The van der Waals surface area contributed by atoms with E-state index in [1.807, 2.05) is 13.0 Å². The van der Waals surface area contributed by atoms with Crippen LogP contribution < -0.4 is 0 Å². The van der Waals surface area contributed by atoms with E-state index < -0.39 is 10.9 Å². The van der Waals surface area contributed by atoms with E-state index in [-0.39, 0.29) is 22.9 Å². The lowest BCUT2D eigenvalue weighted by Gasteiger charge is -2.07. The van der Waals surface area contributed by atoms with Gasteiger partial charge in [-0.1, -0.05) is 16.5 Å². The quantitative estimate of drug-likeness (QED) is 0.261. The first kappa shape index (κ1) is 18.8. The molecule has 0 saturated heterocycles. The zero-order valence-electron chi connectivity index (χ0n) is 15.7. The summed E-state index contributed by atoms with van der Waals surface area (Å²) in [4.78, 5) is 27.6. The number of hydrogen-bond acceptors (Lipinski definition) is 9. The van der Waals surface area contributed by atoms with Gasteiger partial charge in [-0.3, -0.25) is 10.1 Å². The van der Waals surface area contributed by atoms with Crippen LogP contribution in [0.4, 0.5) is 5.00 Å². The summed E-state index contributed by atoms with van der Waals surface area (Å²) in [6.07, 6.45) is 0. The van der Waals surface area contributed by atoms with Crippen LogP contribution >= 0.6 is 11.3 Å². The molecule has 4 aromatic rings. The van der Waals surface area contributed by atoms with Crippen LogP contribution in [0.15, 0.2) is 32.5 Å². The number of carbonyl (C=O) groups is 1. The minimum atomic E-state index is -0.600. The van der Waals surface area contributed by atoms with Gasteiger partial charge in [0.05, 0.1) is 27.3 Å². The van der Waals surface area contributed by atoms with Gasteiger partial charge in [0.15, 0.2) is 0 Å². The van der Waals surface area contributed by atoms with Crippen molar-refractivity contribution in [3.8, 4) is 11.3 Å². The number of aryl methyl sites for hydroxylation is 3. The molecule has 148 valence electrons. The molecular formula is C19H15N3O6S. The number of fused-ring (bicyclic) bond motifs is 1. The number of esters is 1. The fourth-order valence-electron chi connectivity index (χ4n) is 3.04. The molecule has 0 radical (unpaired) electrons. The van der Waals surface area contributed by atoms with Crippen molar-refractivity contribution in [2.75, 3.05) is 0 Å². The molecule has 0 aliphatic heterocycles. The third-order valence-corrected chi connectivity index (χ3v) is 5.27. The van der Waals surface area contributed by atoms with Gasteiger partial charge in [-0.25, -0.2) is 9.78 Å². The van der Waals surface area contributed by atoms with E-state index in [4.69, 9.17) is 13.7 Å². The van der Waals surface area contributed by atoms with E-state index in [1.165, 1.54) is 6.07 Å². The van der Waals surface area contributed by atoms with Crippen LogP contribution in [0, 0.1) is 30.9 Å². The van der Waals surface area contributed by atoms with Crippen molar-refractivity contribution < 1.29 is 23.4 Å². The Bertz CT molecular complexity index is 1250. The van der Waals surface area contributed by atoms with Crippen LogP contribution in [0.3, 0.4) is 0 Å². The number of pyridine rings is 1. The molecule has 0 saturated carbocycles. The van der Waals surface area contributed by atoms with Crippen LogP contribution in [0.5, 0.6) is 0 Å². The van der Waals surface area contributed by atoms with Crippen molar-refractivity contribution in [2.45, 2.75) is 27.4 Å². The molecular weight excluding hydrogens is 398 g/mol. The van der Waals surface area contributed by atoms with E-state index in [2.05, 4.69) is 10.1 Å². The SMILES string of the molecule is Cc1cc(-c2cc(C(=O)OCc3csc([N+](=O)[O-])c3)c3c(C)noc3n2)c(C)o1. The number of rotatable bonds is 5. The number of thiophene rings is 1. The summed E-state index contributed by atoms with van der Waals surface area (Å²) >= 11 is 0.979. The third kappa shape index (κ3) is 3.49. The van der Waals surface area contributed by atoms with Gasteiger partial charge in [0.25, 0.3) is 5.71 Å². The standard InChI is InChI=1S/C19H15N3O6S/c1-9-4-13(11(3)27-9)15-6-14(17-10(2)21-28-18(17)20-15)19(23)26-7-12-5-16(22(24)25)29-8-12/h4-6,8H,7H2,1-3H3. The van der Waals surface area contributed by atoms with E-state index >= 15 is 0 Å². The summed E-state index contributed by atoms with van der Waals surface area (Å²) < 4.78 is 16.2. The van der Waals surface area contributed by atoms with Crippen molar-refractivity contribution in [3.05, 3.63) is 62.0 Å². The number of nitrogens with zero attached hydrogens (tertiary/aromatic N) is 3. The smallest absolute Gasteiger partial charge is 0.339 e. The van der Waals surface area contributed by atoms with Crippen molar-refractivity contribution >= 4 is 33.4 Å². The Morgan fingerprint density at radius 3 is 2.72 bits per heavy atom. The summed E-state index contributed by atoms with van der Waals surface area (Å²) in [5.41, 5.74) is 2.77. The van der Waals surface area contributed by atoms with Gasteiger partial charge in [-0.05, 0) is 32.9 Å². The number of aromatic nitrogens is 2. The summed E-state index contributed by atoms with van der Waals surface area (Å²) in [7, 11) is 0. The number of hydrogen-bond donors (Lipinski definition) is 0.